The average molecular weight is 222 g/mol. The van der Waals surface area contributed by atoms with Gasteiger partial charge in [-0.1, -0.05) is 0 Å². The van der Waals surface area contributed by atoms with Gasteiger partial charge in [-0.2, -0.15) is 5.10 Å². The summed E-state index contributed by atoms with van der Waals surface area (Å²) in [4.78, 5) is 4.39. The molecular weight excluding hydrogens is 208 g/mol. The van der Waals surface area contributed by atoms with Gasteiger partial charge in [0.05, 0.1) is 34.8 Å². The number of hydrogen-bond acceptors (Lipinski definition) is 4. The first kappa shape index (κ1) is 10.2. The first-order valence-electron chi connectivity index (χ1n) is 4.80. The third kappa shape index (κ3) is 2.18. The van der Waals surface area contributed by atoms with Gasteiger partial charge in [-0.25, -0.2) is 4.98 Å². The molecular formula is C10H14N4S. The van der Waals surface area contributed by atoms with Gasteiger partial charge in [0.15, 0.2) is 0 Å². The van der Waals surface area contributed by atoms with E-state index in [2.05, 4.69) is 20.8 Å². The lowest BCUT2D eigenvalue weighted by atomic mass is 10.4. The highest BCUT2D eigenvalue weighted by molar-refractivity contribution is 7.09. The fourth-order valence-corrected chi connectivity index (χ4v) is 1.96. The van der Waals surface area contributed by atoms with Crippen molar-refractivity contribution >= 4 is 17.0 Å². The minimum atomic E-state index is 0.761. The van der Waals surface area contributed by atoms with Crippen molar-refractivity contribution in [3.63, 3.8) is 0 Å². The monoisotopic (exact) mass is 222 g/mol. The first-order valence-corrected chi connectivity index (χ1v) is 5.68. The van der Waals surface area contributed by atoms with E-state index < -0.39 is 0 Å². The molecule has 0 unspecified atom stereocenters. The Bertz CT molecular complexity index is 458. The molecule has 0 atom stereocenters. The SMILES string of the molecule is Cc1nc(CNc2cnn(C)c2C)cs1. The summed E-state index contributed by atoms with van der Waals surface area (Å²) in [5.74, 6) is 0. The summed E-state index contributed by atoms with van der Waals surface area (Å²) in [7, 11) is 1.94. The quantitative estimate of drug-likeness (QED) is 0.865. The zero-order chi connectivity index (χ0) is 10.8. The number of aryl methyl sites for hydroxylation is 2. The second-order valence-corrected chi connectivity index (χ2v) is 4.54. The highest BCUT2D eigenvalue weighted by atomic mass is 32.1. The van der Waals surface area contributed by atoms with Gasteiger partial charge in [0.25, 0.3) is 0 Å². The topological polar surface area (TPSA) is 42.7 Å². The summed E-state index contributed by atoms with van der Waals surface area (Å²) in [5, 5.41) is 10.7. The molecule has 0 radical (unpaired) electrons. The molecule has 0 saturated carbocycles. The number of anilines is 1. The smallest absolute Gasteiger partial charge is 0.0898 e. The molecule has 0 aliphatic rings. The second-order valence-electron chi connectivity index (χ2n) is 3.48. The Balaban J connectivity index is 2.02. The molecule has 0 aliphatic carbocycles. The first-order chi connectivity index (χ1) is 7.16. The van der Waals surface area contributed by atoms with Gasteiger partial charge in [-0.15, -0.1) is 11.3 Å². The van der Waals surface area contributed by atoms with Gasteiger partial charge in [-0.3, -0.25) is 4.68 Å². The van der Waals surface area contributed by atoms with E-state index in [1.807, 2.05) is 31.8 Å². The van der Waals surface area contributed by atoms with Crippen LogP contribution in [0.2, 0.25) is 0 Å². The van der Waals surface area contributed by atoms with Crippen molar-refractivity contribution < 1.29 is 0 Å². The Morgan fingerprint density at radius 3 is 2.80 bits per heavy atom. The Morgan fingerprint density at radius 2 is 2.27 bits per heavy atom. The number of rotatable bonds is 3. The van der Waals surface area contributed by atoms with Crippen molar-refractivity contribution in [3.8, 4) is 0 Å². The molecule has 0 aliphatic heterocycles. The number of nitrogens with zero attached hydrogens (tertiary/aromatic N) is 3. The van der Waals surface area contributed by atoms with Crippen LogP contribution in [0.1, 0.15) is 16.4 Å². The van der Waals surface area contributed by atoms with Gasteiger partial charge in [0.2, 0.25) is 0 Å². The van der Waals surface area contributed by atoms with Crippen LogP contribution in [-0.2, 0) is 13.6 Å². The summed E-state index contributed by atoms with van der Waals surface area (Å²) < 4.78 is 1.86. The van der Waals surface area contributed by atoms with E-state index in [9.17, 15) is 0 Å². The molecule has 4 nitrogen and oxygen atoms in total. The molecule has 0 amide bonds. The maximum atomic E-state index is 4.39. The van der Waals surface area contributed by atoms with Crippen LogP contribution in [0.5, 0.6) is 0 Å². The van der Waals surface area contributed by atoms with Crippen LogP contribution >= 0.6 is 11.3 Å². The van der Waals surface area contributed by atoms with E-state index in [4.69, 9.17) is 0 Å². The Kier molecular flexibility index (Phi) is 2.73. The van der Waals surface area contributed by atoms with Gasteiger partial charge in [0.1, 0.15) is 0 Å². The van der Waals surface area contributed by atoms with Crippen molar-refractivity contribution in [2.45, 2.75) is 20.4 Å². The van der Waals surface area contributed by atoms with Gasteiger partial charge in [0, 0.05) is 12.4 Å². The predicted octanol–water partition coefficient (Wildman–Crippen LogP) is 2.11. The summed E-state index contributed by atoms with van der Waals surface area (Å²) in [5.41, 5.74) is 3.30. The molecule has 0 bridgehead atoms. The molecule has 5 heteroatoms. The zero-order valence-electron chi connectivity index (χ0n) is 9.11. The molecule has 80 valence electrons. The number of thiazole rings is 1. The highest BCUT2D eigenvalue weighted by Crippen LogP contribution is 2.14. The Labute approximate surface area is 93.0 Å². The maximum absolute atomic E-state index is 4.39. The van der Waals surface area contributed by atoms with E-state index in [-0.39, 0.29) is 0 Å². The molecule has 0 spiro atoms. The van der Waals surface area contributed by atoms with Gasteiger partial charge >= 0.3 is 0 Å². The molecule has 0 aromatic carbocycles. The van der Waals surface area contributed by atoms with Crippen LogP contribution in [0, 0.1) is 13.8 Å². The summed E-state index contributed by atoms with van der Waals surface area (Å²) in [6.07, 6.45) is 1.84. The fourth-order valence-electron chi connectivity index (χ4n) is 1.35. The third-order valence-corrected chi connectivity index (χ3v) is 3.18. The van der Waals surface area contributed by atoms with E-state index in [0.717, 1.165) is 28.6 Å². The summed E-state index contributed by atoms with van der Waals surface area (Å²) in [6.45, 7) is 4.82. The van der Waals surface area contributed by atoms with Crippen molar-refractivity contribution in [2.75, 3.05) is 5.32 Å². The number of hydrogen-bond donors (Lipinski definition) is 1. The highest BCUT2D eigenvalue weighted by Gasteiger charge is 2.03. The summed E-state index contributed by atoms with van der Waals surface area (Å²) >= 11 is 1.68. The Morgan fingerprint density at radius 1 is 1.47 bits per heavy atom. The minimum Gasteiger partial charge on any atom is -0.377 e. The normalized spacial score (nSPS) is 10.6. The average Bonchev–Trinajstić information content (AvgIpc) is 2.74. The second kappa shape index (κ2) is 4.02. The number of aromatic nitrogens is 3. The van der Waals surface area contributed by atoms with Gasteiger partial charge < -0.3 is 5.32 Å². The molecule has 2 heterocycles. The zero-order valence-corrected chi connectivity index (χ0v) is 9.93. The van der Waals surface area contributed by atoms with Crippen molar-refractivity contribution in [1.29, 1.82) is 0 Å². The molecule has 15 heavy (non-hydrogen) atoms. The fraction of sp³-hybridized carbons (Fsp3) is 0.400. The van der Waals surface area contributed by atoms with E-state index in [1.165, 1.54) is 0 Å². The molecule has 0 saturated heterocycles. The van der Waals surface area contributed by atoms with E-state index >= 15 is 0 Å². The standard InChI is InChI=1S/C10H14N4S/c1-7-10(5-12-14(7)3)11-4-9-6-15-8(2)13-9/h5-6,11H,4H2,1-3H3. The van der Waals surface area contributed by atoms with Crippen LogP contribution in [-0.4, -0.2) is 14.8 Å². The van der Waals surface area contributed by atoms with Crippen molar-refractivity contribution in [2.24, 2.45) is 7.05 Å². The molecule has 2 aromatic heterocycles. The molecule has 2 rings (SSSR count). The minimum absolute atomic E-state index is 0.761. The molecule has 1 N–H and O–H groups in total. The predicted molar refractivity (Wildman–Crippen MR) is 62.1 cm³/mol. The molecule has 2 aromatic rings. The largest absolute Gasteiger partial charge is 0.377 e. The van der Waals surface area contributed by atoms with Crippen LogP contribution in [0.15, 0.2) is 11.6 Å². The van der Waals surface area contributed by atoms with Crippen LogP contribution < -0.4 is 5.32 Å². The van der Waals surface area contributed by atoms with Crippen molar-refractivity contribution in [3.05, 3.63) is 28.0 Å². The maximum Gasteiger partial charge on any atom is 0.0898 e. The lowest BCUT2D eigenvalue weighted by molar-refractivity contribution is 0.740. The number of nitrogens with one attached hydrogen (secondary N) is 1. The Hall–Kier alpha value is -1.36. The lowest BCUT2D eigenvalue weighted by Crippen LogP contribution is -2.01. The lowest BCUT2D eigenvalue weighted by Gasteiger charge is -2.02. The van der Waals surface area contributed by atoms with Crippen LogP contribution in [0.3, 0.4) is 0 Å². The van der Waals surface area contributed by atoms with Crippen LogP contribution in [0.25, 0.3) is 0 Å². The molecule has 0 fully saturated rings. The summed E-state index contributed by atoms with van der Waals surface area (Å²) in [6, 6.07) is 0. The van der Waals surface area contributed by atoms with Gasteiger partial charge in [-0.05, 0) is 13.8 Å². The van der Waals surface area contributed by atoms with Crippen LogP contribution in [0.4, 0.5) is 5.69 Å². The van der Waals surface area contributed by atoms with E-state index in [0.29, 0.717) is 0 Å². The van der Waals surface area contributed by atoms with Crippen molar-refractivity contribution in [1.82, 2.24) is 14.8 Å². The third-order valence-electron chi connectivity index (χ3n) is 2.36. The van der Waals surface area contributed by atoms with E-state index in [1.54, 1.807) is 11.3 Å².